The van der Waals surface area contributed by atoms with Gasteiger partial charge in [-0.2, -0.15) is 0 Å². The van der Waals surface area contributed by atoms with E-state index in [9.17, 15) is 4.39 Å². The second kappa shape index (κ2) is 8.22. The highest BCUT2D eigenvalue weighted by Gasteiger charge is 2.16. The maximum atomic E-state index is 13.9. The molecule has 0 aliphatic rings. The fourth-order valence-electron chi connectivity index (χ4n) is 2.21. The van der Waals surface area contributed by atoms with E-state index in [1.165, 1.54) is 6.07 Å². The van der Waals surface area contributed by atoms with Crippen molar-refractivity contribution in [1.29, 1.82) is 0 Å². The summed E-state index contributed by atoms with van der Waals surface area (Å²) in [5.41, 5.74) is 0.598. The third-order valence-electron chi connectivity index (χ3n) is 3.92. The van der Waals surface area contributed by atoms with Crippen molar-refractivity contribution in [3.8, 4) is 5.75 Å². The average molecular weight is 282 g/mol. The molecular formula is C16H27FN2O. The third kappa shape index (κ3) is 4.46. The van der Waals surface area contributed by atoms with Crippen LogP contribution in [-0.4, -0.2) is 38.2 Å². The van der Waals surface area contributed by atoms with Crippen LogP contribution in [0.3, 0.4) is 0 Å². The van der Waals surface area contributed by atoms with Crippen LogP contribution in [-0.2, 0) is 0 Å². The van der Waals surface area contributed by atoms with Crippen LogP contribution in [0.25, 0.3) is 0 Å². The largest absolute Gasteiger partial charge is 0.496 e. The molecular weight excluding hydrogens is 255 g/mol. The first kappa shape index (κ1) is 16.9. The van der Waals surface area contributed by atoms with E-state index in [1.54, 1.807) is 19.2 Å². The molecule has 0 heterocycles. The van der Waals surface area contributed by atoms with Gasteiger partial charge in [-0.1, -0.05) is 13.0 Å². The summed E-state index contributed by atoms with van der Waals surface area (Å²) < 4.78 is 19.2. The van der Waals surface area contributed by atoms with E-state index in [-0.39, 0.29) is 11.9 Å². The molecule has 0 aromatic heterocycles. The molecule has 0 saturated carbocycles. The van der Waals surface area contributed by atoms with Gasteiger partial charge in [-0.25, -0.2) is 4.39 Å². The fraction of sp³-hybridized carbons (Fsp3) is 0.625. The van der Waals surface area contributed by atoms with E-state index < -0.39 is 0 Å². The highest BCUT2D eigenvalue weighted by molar-refractivity contribution is 5.36. The monoisotopic (exact) mass is 282 g/mol. The highest BCUT2D eigenvalue weighted by atomic mass is 19.1. The first-order valence-corrected chi connectivity index (χ1v) is 7.27. The first-order chi connectivity index (χ1) is 9.51. The first-order valence-electron chi connectivity index (χ1n) is 7.27. The zero-order valence-electron chi connectivity index (χ0n) is 13.2. The Morgan fingerprint density at radius 2 is 2.05 bits per heavy atom. The van der Waals surface area contributed by atoms with Crippen molar-refractivity contribution in [2.24, 2.45) is 0 Å². The zero-order chi connectivity index (χ0) is 15.1. The topological polar surface area (TPSA) is 24.5 Å². The number of hydrogen-bond donors (Lipinski definition) is 1. The van der Waals surface area contributed by atoms with E-state index in [0.29, 0.717) is 17.4 Å². The lowest BCUT2D eigenvalue weighted by Gasteiger charge is -2.25. The van der Waals surface area contributed by atoms with Gasteiger partial charge in [0.2, 0.25) is 0 Å². The van der Waals surface area contributed by atoms with Crippen LogP contribution in [0.15, 0.2) is 18.2 Å². The molecule has 114 valence electrons. The summed E-state index contributed by atoms with van der Waals surface area (Å²) in [4.78, 5) is 2.30. The van der Waals surface area contributed by atoms with Crippen molar-refractivity contribution in [1.82, 2.24) is 10.2 Å². The lowest BCUT2D eigenvalue weighted by molar-refractivity contribution is 0.248. The van der Waals surface area contributed by atoms with Gasteiger partial charge in [-0.05, 0) is 39.4 Å². The summed E-state index contributed by atoms with van der Waals surface area (Å²) in [5.74, 6) is 0.375. The summed E-state index contributed by atoms with van der Waals surface area (Å²) in [7, 11) is 3.69. The van der Waals surface area contributed by atoms with E-state index in [2.05, 4.69) is 31.1 Å². The van der Waals surface area contributed by atoms with Gasteiger partial charge in [0, 0.05) is 30.7 Å². The number of nitrogens with zero attached hydrogens (tertiary/aromatic N) is 1. The van der Waals surface area contributed by atoms with E-state index in [4.69, 9.17) is 4.74 Å². The van der Waals surface area contributed by atoms with Gasteiger partial charge in [0.05, 0.1) is 7.11 Å². The van der Waals surface area contributed by atoms with E-state index in [0.717, 1.165) is 19.5 Å². The Labute approximate surface area is 122 Å². The number of benzene rings is 1. The molecule has 1 rings (SSSR count). The molecule has 0 radical (unpaired) electrons. The summed E-state index contributed by atoms with van der Waals surface area (Å²) in [6, 6.07) is 5.43. The average Bonchev–Trinajstić information content (AvgIpc) is 2.45. The fourth-order valence-corrected chi connectivity index (χ4v) is 2.21. The number of halogens is 1. The molecule has 0 saturated heterocycles. The quantitative estimate of drug-likeness (QED) is 0.792. The normalized spacial score (nSPS) is 14.3. The van der Waals surface area contributed by atoms with Gasteiger partial charge >= 0.3 is 0 Å². The molecule has 0 aliphatic carbocycles. The van der Waals surface area contributed by atoms with Crippen molar-refractivity contribution in [2.75, 3.05) is 27.2 Å². The van der Waals surface area contributed by atoms with Crippen molar-refractivity contribution in [3.05, 3.63) is 29.6 Å². The van der Waals surface area contributed by atoms with Crippen LogP contribution >= 0.6 is 0 Å². The Hall–Kier alpha value is -1.13. The minimum atomic E-state index is -0.223. The van der Waals surface area contributed by atoms with Gasteiger partial charge in [0.25, 0.3) is 0 Å². The Kier molecular flexibility index (Phi) is 6.96. The third-order valence-corrected chi connectivity index (χ3v) is 3.92. The minimum Gasteiger partial charge on any atom is -0.496 e. The Morgan fingerprint density at radius 1 is 1.35 bits per heavy atom. The van der Waals surface area contributed by atoms with E-state index >= 15 is 0 Å². The number of methoxy groups -OCH3 is 1. The van der Waals surface area contributed by atoms with Crippen LogP contribution in [0, 0.1) is 5.82 Å². The number of ether oxygens (including phenoxy) is 1. The summed E-state index contributed by atoms with van der Waals surface area (Å²) in [5, 5.41) is 3.36. The van der Waals surface area contributed by atoms with Gasteiger partial charge < -0.3 is 15.0 Å². The highest BCUT2D eigenvalue weighted by Crippen LogP contribution is 2.27. The zero-order valence-corrected chi connectivity index (χ0v) is 13.2. The molecule has 0 fully saturated rings. The molecule has 1 aromatic carbocycles. The molecule has 2 unspecified atom stereocenters. The van der Waals surface area contributed by atoms with Crippen LogP contribution in [0.1, 0.15) is 38.8 Å². The smallest absolute Gasteiger partial charge is 0.131 e. The minimum absolute atomic E-state index is 0.0727. The molecule has 20 heavy (non-hydrogen) atoms. The second-order valence-corrected chi connectivity index (χ2v) is 5.27. The maximum Gasteiger partial charge on any atom is 0.131 e. The Morgan fingerprint density at radius 3 is 2.65 bits per heavy atom. The number of nitrogens with one attached hydrogen (secondary N) is 1. The molecule has 0 aliphatic heterocycles. The van der Waals surface area contributed by atoms with Gasteiger partial charge in [0.15, 0.2) is 0 Å². The molecule has 4 heteroatoms. The predicted molar refractivity (Wildman–Crippen MR) is 81.8 cm³/mol. The van der Waals surface area contributed by atoms with E-state index in [1.807, 2.05) is 6.92 Å². The molecule has 0 spiro atoms. The Bertz CT molecular complexity index is 411. The Balaban J connectivity index is 2.57. The molecule has 3 nitrogen and oxygen atoms in total. The maximum absolute atomic E-state index is 13.9. The molecule has 0 bridgehead atoms. The standard InChI is InChI=1S/C16H27FN2O/c1-6-12(2)19(4)11-10-18-13(3)16-14(17)8-7-9-15(16)20-5/h7-9,12-13,18H,6,10-11H2,1-5H3. The van der Waals surface area contributed by atoms with Crippen molar-refractivity contribution >= 4 is 0 Å². The lowest BCUT2D eigenvalue weighted by atomic mass is 10.1. The number of likely N-dealkylation sites (N-methyl/N-ethyl adjacent to an activating group) is 1. The summed E-state index contributed by atoms with van der Waals surface area (Å²) >= 11 is 0. The number of hydrogen-bond acceptors (Lipinski definition) is 3. The van der Waals surface area contributed by atoms with Crippen molar-refractivity contribution in [2.45, 2.75) is 39.3 Å². The van der Waals surface area contributed by atoms with Gasteiger partial charge in [0.1, 0.15) is 11.6 Å². The molecule has 1 N–H and O–H groups in total. The van der Waals surface area contributed by atoms with Crippen LogP contribution in [0.2, 0.25) is 0 Å². The van der Waals surface area contributed by atoms with Gasteiger partial charge in [-0.15, -0.1) is 0 Å². The van der Waals surface area contributed by atoms with Crippen LogP contribution in [0.4, 0.5) is 4.39 Å². The molecule has 1 aromatic rings. The summed E-state index contributed by atoms with van der Waals surface area (Å²) in [6.45, 7) is 8.12. The van der Waals surface area contributed by atoms with Crippen molar-refractivity contribution < 1.29 is 9.13 Å². The second-order valence-electron chi connectivity index (χ2n) is 5.27. The number of rotatable bonds is 8. The van der Waals surface area contributed by atoms with Gasteiger partial charge in [-0.3, -0.25) is 0 Å². The lowest BCUT2D eigenvalue weighted by Crippen LogP contribution is -2.35. The van der Waals surface area contributed by atoms with Crippen LogP contribution in [0.5, 0.6) is 5.75 Å². The molecule has 2 atom stereocenters. The SMILES string of the molecule is CCC(C)N(C)CCNC(C)c1c(F)cccc1OC. The van der Waals surface area contributed by atoms with Crippen molar-refractivity contribution in [3.63, 3.8) is 0 Å². The summed E-state index contributed by atoms with van der Waals surface area (Å²) in [6.07, 6.45) is 1.13. The molecule has 0 amide bonds. The predicted octanol–water partition coefficient (Wildman–Crippen LogP) is 3.22. The van der Waals surface area contributed by atoms with Crippen LogP contribution < -0.4 is 10.1 Å².